The van der Waals surface area contributed by atoms with Crippen molar-refractivity contribution in [2.45, 2.75) is 38.4 Å². The fraction of sp³-hybridized carbons (Fsp3) is 0.500. The van der Waals surface area contributed by atoms with Gasteiger partial charge in [0.1, 0.15) is 11.8 Å². The third-order valence-electron chi connectivity index (χ3n) is 2.50. The van der Waals surface area contributed by atoms with Crippen molar-refractivity contribution in [3.8, 4) is 0 Å². The fourth-order valence-electron chi connectivity index (χ4n) is 1.62. The van der Waals surface area contributed by atoms with Crippen molar-refractivity contribution >= 4 is 11.9 Å². The van der Waals surface area contributed by atoms with E-state index in [1.165, 1.54) is 12.3 Å². The Labute approximate surface area is 112 Å². The van der Waals surface area contributed by atoms with Crippen LogP contribution in [0.3, 0.4) is 0 Å². The first-order valence-electron chi connectivity index (χ1n) is 5.79. The summed E-state index contributed by atoms with van der Waals surface area (Å²) in [5.41, 5.74) is 0.0356. The van der Waals surface area contributed by atoms with Crippen molar-refractivity contribution in [1.29, 1.82) is 0 Å². The Hall–Kier alpha value is -1.99. The topological polar surface area (TPSA) is 79.5 Å². The summed E-state index contributed by atoms with van der Waals surface area (Å²) in [7, 11) is 0. The average molecular weight is 293 g/mol. The zero-order chi connectivity index (χ0) is 15.5. The van der Waals surface area contributed by atoms with E-state index in [0.717, 1.165) is 0 Å². The number of hydrogen-bond donors (Lipinski definition) is 2. The van der Waals surface area contributed by atoms with E-state index in [0.29, 0.717) is 5.76 Å². The molecule has 0 saturated carbocycles. The minimum Gasteiger partial charge on any atom is -0.480 e. The summed E-state index contributed by atoms with van der Waals surface area (Å²) in [5.74, 6) is -2.51. The fourth-order valence-corrected chi connectivity index (χ4v) is 1.62. The molecule has 1 amide bonds. The van der Waals surface area contributed by atoms with E-state index in [-0.39, 0.29) is 11.5 Å². The normalized spacial score (nSPS) is 13.3. The molecule has 1 aromatic rings. The first kappa shape index (κ1) is 16.1. The molecule has 1 aromatic heterocycles. The van der Waals surface area contributed by atoms with Crippen LogP contribution in [0.1, 0.15) is 42.3 Å². The van der Waals surface area contributed by atoms with Crippen LogP contribution in [-0.2, 0) is 4.79 Å². The lowest BCUT2D eigenvalue weighted by Crippen LogP contribution is -2.43. The van der Waals surface area contributed by atoms with Crippen molar-refractivity contribution in [2.24, 2.45) is 0 Å². The van der Waals surface area contributed by atoms with Crippen molar-refractivity contribution in [3.05, 3.63) is 23.7 Å². The molecule has 1 atom stereocenters. The highest BCUT2D eigenvalue weighted by molar-refractivity contribution is 5.97. The number of hydrogen-bond acceptors (Lipinski definition) is 3. The molecular weight excluding hydrogens is 279 g/mol. The van der Waals surface area contributed by atoms with Gasteiger partial charge in [-0.25, -0.2) is 4.79 Å². The zero-order valence-corrected chi connectivity index (χ0v) is 10.8. The molecule has 112 valence electrons. The first-order valence-corrected chi connectivity index (χ1v) is 5.79. The van der Waals surface area contributed by atoms with Crippen LogP contribution in [0.4, 0.5) is 13.2 Å². The van der Waals surface area contributed by atoms with Gasteiger partial charge in [-0.1, -0.05) is 13.8 Å². The van der Waals surface area contributed by atoms with Crippen LogP contribution >= 0.6 is 0 Å². The average Bonchev–Trinajstić information content (AvgIpc) is 2.74. The number of rotatable bonds is 5. The van der Waals surface area contributed by atoms with Crippen LogP contribution < -0.4 is 5.32 Å². The van der Waals surface area contributed by atoms with Gasteiger partial charge in [0, 0.05) is 5.92 Å². The van der Waals surface area contributed by atoms with Crippen LogP contribution in [0, 0.1) is 0 Å². The standard InChI is InChI=1S/C12H14F3NO4/c1-6(2)9-7(3-4-20-9)10(17)16-8(11(18)19)5-12(13,14)15/h3-4,6,8H,5H2,1-2H3,(H,16,17)(H,18,19). The van der Waals surface area contributed by atoms with E-state index in [4.69, 9.17) is 9.52 Å². The van der Waals surface area contributed by atoms with Crippen molar-refractivity contribution in [3.63, 3.8) is 0 Å². The quantitative estimate of drug-likeness (QED) is 0.874. The molecular formula is C12H14F3NO4. The number of amides is 1. The lowest BCUT2D eigenvalue weighted by molar-refractivity contribution is -0.157. The molecule has 0 fully saturated rings. The van der Waals surface area contributed by atoms with Crippen LogP contribution in [0.5, 0.6) is 0 Å². The second-order valence-electron chi connectivity index (χ2n) is 4.54. The maximum Gasteiger partial charge on any atom is 0.391 e. The predicted molar refractivity (Wildman–Crippen MR) is 62.4 cm³/mol. The molecule has 0 saturated heterocycles. The van der Waals surface area contributed by atoms with Gasteiger partial charge in [-0.05, 0) is 6.07 Å². The number of carboxylic acid groups (broad SMARTS) is 1. The lowest BCUT2D eigenvalue weighted by atomic mass is 10.1. The van der Waals surface area contributed by atoms with Crippen LogP contribution in [-0.4, -0.2) is 29.2 Å². The van der Waals surface area contributed by atoms with E-state index in [9.17, 15) is 22.8 Å². The largest absolute Gasteiger partial charge is 0.480 e. The third kappa shape index (κ3) is 4.29. The molecule has 20 heavy (non-hydrogen) atoms. The van der Waals surface area contributed by atoms with E-state index in [1.54, 1.807) is 13.8 Å². The van der Waals surface area contributed by atoms with Gasteiger partial charge in [-0.2, -0.15) is 13.2 Å². The summed E-state index contributed by atoms with van der Waals surface area (Å²) in [5, 5.41) is 10.6. The van der Waals surface area contributed by atoms with Crippen molar-refractivity contribution in [1.82, 2.24) is 5.32 Å². The highest BCUT2D eigenvalue weighted by atomic mass is 19.4. The van der Waals surface area contributed by atoms with Crippen LogP contribution in [0.15, 0.2) is 16.7 Å². The van der Waals surface area contributed by atoms with E-state index >= 15 is 0 Å². The number of carbonyl (C=O) groups is 2. The van der Waals surface area contributed by atoms with Crippen LogP contribution in [0.2, 0.25) is 0 Å². The minimum absolute atomic E-state index is 0.0356. The molecule has 5 nitrogen and oxygen atoms in total. The van der Waals surface area contributed by atoms with Gasteiger partial charge in [-0.15, -0.1) is 0 Å². The molecule has 0 aromatic carbocycles. The highest BCUT2D eigenvalue weighted by Crippen LogP contribution is 2.23. The third-order valence-corrected chi connectivity index (χ3v) is 2.50. The Bertz CT molecular complexity index is 493. The van der Waals surface area contributed by atoms with E-state index in [1.807, 2.05) is 5.32 Å². The number of carbonyl (C=O) groups excluding carboxylic acids is 1. The minimum atomic E-state index is -4.69. The smallest absolute Gasteiger partial charge is 0.391 e. The number of alkyl halides is 3. The molecule has 0 aliphatic rings. The molecule has 8 heteroatoms. The number of furan rings is 1. The lowest BCUT2D eigenvalue weighted by Gasteiger charge is -2.16. The Morgan fingerprint density at radius 1 is 1.40 bits per heavy atom. The monoisotopic (exact) mass is 293 g/mol. The molecule has 0 aliphatic heterocycles. The van der Waals surface area contributed by atoms with Crippen molar-refractivity contribution < 1.29 is 32.3 Å². The Morgan fingerprint density at radius 2 is 2.00 bits per heavy atom. The zero-order valence-electron chi connectivity index (χ0n) is 10.8. The Morgan fingerprint density at radius 3 is 2.45 bits per heavy atom. The van der Waals surface area contributed by atoms with Gasteiger partial charge in [0.25, 0.3) is 5.91 Å². The van der Waals surface area contributed by atoms with Gasteiger partial charge >= 0.3 is 12.1 Å². The van der Waals surface area contributed by atoms with E-state index < -0.39 is 30.5 Å². The summed E-state index contributed by atoms with van der Waals surface area (Å²) < 4.78 is 41.8. The van der Waals surface area contributed by atoms with Gasteiger partial charge in [0.2, 0.25) is 0 Å². The molecule has 1 rings (SSSR count). The first-order chi connectivity index (χ1) is 9.11. The number of aliphatic carboxylic acids is 1. The summed E-state index contributed by atoms with van der Waals surface area (Å²) in [6, 6.07) is -0.741. The molecule has 1 heterocycles. The van der Waals surface area contributed by atoms with Crippen molar-refractivity contribution in [2.75, 3.05) is 0 Å². The predicted octanol–water partition coefficient (Wildman–Crippen LogP) is 2.54. The number of nitrogens with one attached hydrogen (secondary N) is 1. The SMILES string of the molecule is CC(C)c1occc1C(=O)NC(CC(F)(F)F)C(=O)O. The maximum absolute atomic E-state index is 12.2. The van der Waals surface area contributed by atoms with Gasteiger partial charge in [0.15, 0.2) is 0 Å². The van der Waals surface area contributed by atoms with Gasteiger partial charge in [0.05, 0.1) is 18.2 Å². The molecule has 0 bridgehead atoms. The molecule has 0 spiro atoms. The molecule has 1 unspecified atom stereocenters. The summed E-state index contributed by atoms with van der Waals surface area (Å²) in [6.07, 6.45) is -5.10. The number of halogens is 3. The Kier molecular flexibility index (Phi) is 4.80. The molecule has 0 radical (unpaired) electrons. The molecule has 2 N–H and O–H groups in total. The van der Waals surface area contributed by atoms with Crippen LogP contribution in [0.25, 0.3) is 0 Å². The summed E-state index contributed by atoms with van der Waals surface area (Å²) in [6.45, 7) is 3.47. The Balaban J connectivity index is 2.86. The second-order valence-corrected chi connectivity index (χ2v) is 4.54. The summed E-state index contributed by atoms with van der Waals surface area (Å²) >= 11 is 0. The number of carboxylic acids is 1. The van der Waals surface area contributed by atoms with E-state index in [2.05, 4.69) is 0 Å². The highest BCUT2D eigenvalue weighted by Gasteiger charge is 2.36. The summed E-state index contributed by atoms with van der Waals surface area (Å²) in [4.78, 5) is 22.6. The molecule has 0 aliphatic carbocycles. The van der Waals surface area contributed by atoms with Gasteiger partial charge in [-0.3, -0.25) is 4.79 Å². The van der Waals surface area contributed by atoms with Gasteiger partial charge < -0.3 is 14.8 Å². The second kappa shape index (κ2) is 5.98. The maximum atomic E-state index is 12.2.